The van der Waals surface area contributed by atoms with Gasteiger partial charge in [-0.25, -0.2) is 8.42 Å². The predicted molar refractivity (Wildman–Crippen MR) is 50.9 cm³/mol. The maximum atomic E-state index is 11.7. The van der Waals surface area contributed by atoms with Gasteiger partial charge in [0, 0.05) is 19.1 Å². The summed E-state index contributed by atoms with van der Waals surface area (Å²) in [6.07, 6.45) is 0.919. The normalized spacial score (nSPS) is 32.8. The third kappa shape index (κ3) is 1.52. The van der Waals surface area contributed by atoms with E-state index in [-0.39, 0.29) is 6.04 Å². The zero-order valence-corrected chi connectivity index (χ0v) is 8.63. The lowest BCUT2D eigenvalue weighted by molar-refractivity contribution is 0.384. The number of nitriles is 1. The van der Waals surface area contributed by atoms with E-state index in [1.165, 1.54) is 4.31 Å². The Morgan fingerprint density at radius 1 is 1.50 bits per heavy atom. The van der Waals surface area contributed by atoms with Gasteiger partial charge in [0.1, 0.15) is 0 Å². The zero-order valence-electron chi connectivity index (χ0n) is 7.81. The van der Waals surface area contributed by atoms with Crippen LogP contribution >= 0.6 is 0 Å². The number of hydrogen-bond donors (Lipinski definition) is 1. The summed E-state index contributed by atoms with van der Waals surface area (Å²) in [5.74, 6) is 0.0550. The van der Waals surface area contributed by atoms with Gasteiger partial charge in [0.2, 0.25) is 10.0 Å². The lowest BCUT2D eigenvalue weighted by Gasteiger charge is -2.21. The minimum Gasteiger partial charge on any atom is -0.315 e. The van der Waals surface area contributed by atoms with Crippen molar-refractivity contribution in [3.05, 3.63) is 0 Å². The molecule has 6 heteroatoms. The zero-order chi connectivity index (χ0) is 10.2. The first-order chi connectivity index (χ1) is 6.65. The third-order valence-corrected chi connectivity index (χ3v) is 4.66. The van der Waals surface area contributed by atoms with Crippen LogP contribution < -0.4 is 5.32 Å². The van der Waals surface area contributed by atoms with E-state index in [2.05, 4.69) is 5.32 Å². The van der Waals surface area contributed by atoms with Crippen molar-refractivity contribution >= 4 is 10.0 Å². The van der Waals surface area contributed by atoms with Crippen LogP contribution in [0.3, 0.4) is 0 Å². The molecule has 0 unspecified atom stereocenters. The molecule has 0 bridgehead atoms. The first kappa shape index (κ1) is 9.90. The Morgan fingerprint density at radius 3 is 3.00 bits per heavy atom. The molecule has 5 nitrogen and oxygen atoms in total. The summed E-state index contributed by atoms with van der Waals surface area (Å²) in [6, 6.07) is 1.81. The summed E-state index contributed by atoms with van der Waals surface area (Å²) < 4.78 is 24.8. The van der Waals surface area contributed by atoms with Crippen molar-refractivity contribution in [2.24, 2.45) is 5.92 Å². The van der Waals surface area contributed by atoms with Gasteiger partial charge >= 0.3 is 0 Å². The molecule has 0 spiro atoms. The van der Waals surface area contributed by atoms with Crippen molar-refractivity contribution < 1.29 is 8.42 Å². The highest BCUT2D eigenvalue weighted by Crippen LogP contribution is 2.29. The van der Waals surface area contributed by atoms with E-state index in [4.69, 9.17) is 5.26 Å². The molecule has 1 N–H and O–H groups in total. The van der Waals surface area contributed by atoms with E-state index in [0.29, 0.717) is 12.5 Å². The Balaban J connectivity index is 2.16. The fourth-order valence-electron chi connectivity index (χ4n) is 2.32. The molecule has 0 radical (unpaired) electrons. The molecule has 2 aliphatic heterocycles. The van der Waals surface area contributed by atoms with Gasteiger partial charge < -0.3 is 5.32 Å². The second-order valence-corrected chi connectivity index (χ2v) is 5.72. The molecule has 0 saturated carbocycles. The Morgan fingerprint density at radius 2 is 2.29 bits per heavy atom. The molecule has 78 valence electrons. The van der Waals surface area contributed by atoms with Gasteiger partial charge in [0.25, 0.3) is 0 Å². The van der Waals surface area contributed by atoms with Crippen LogP contribution in [-0.4, -0.2) is 44.2 Å². The van der Waals surface area contributed by atoms with Crippen LogP contribution in [0.15, 0.2) is 0 Å². The summed E-state index contributed by atoms with van der Waals surface area (Å²) in [7, 11) is -3.33. The van der Waals surface area contributed by atoms with Crippen molar-refractivity contribution in [1.82, 2.24) is 9.62 Å². The van der Waals surface area contributed by atoms with E-state index in [1.807, 2.05) is 0 Å². The van der Waals surface area contributed by atoms with Crippen LogP contribution in [0.25, 0.3) is 0 Å². The predicted octanol–water partition coefficient (Wildman–Crippen LogP) is -0.867. The Hall–Kier alpha value is -0.640. The number of nitrogens with one attached hydrogen (secondary N) is 1. The number of nitrogens with zero attached hydrogens (tertiary/aromatic N) is 2. The van der Waals surface area contributed by atoms with Gasteiger partial charge in [-0.2, -0.15) is 9.57 Å². The Kier molecular flexibility index (Phi) is 2.47. The molecule has 2 saturated heterocycles. The van der Waals surface area contributed by atoms with Gasteiger partial charge in [-0.1, -0.05) is 0 Å². The summed E-state index contributed by atoms with van der Waals surface area (Å²) in [4.78, 5) is 0. The summed E-state index contributed by atoms with van der Waals surface area (Å²) >= 11 is 0. The molecule has 2 fully saturated rings. The smallest absolute Gasteiger partial charge is 0.227 e. The lowest BCUT2D eigenvalue weighted by Crippen LogP contribution is -2.40. The molecule has 0 aromatic carbocycles. The van der Waals surface area contributed by atoms with E-state index >= 15 is 0 Å². The van der Waals surface area contributed by atoms with Crippen LogP contribution in [0.5, 0.6) is 0 Å². The van der Waals surface area contributed by atoms with Crippen LogP contribution in [0, 0.1) is 17.2 Å². The van der Waals surface area contributed by atoms with Crippen molar-refractivity contribution in [2.45, 2.75) is 12.5 Å². The molecule has 0 amide bonds. The molecule has 0 aromatic heterocycles. The maximum absolute atomic E-state index is 11.7. The van der Waals surface area contributed by atoms with Gasteiger partial charge in [-0.15, -0.1) is 0 Å². The van der Waals surface area contributed by atoms with Gasteiger partial charge in [0.15, 0.2) is 5.75 Å². The number of rotatable bonds is 2. The van der Waals surface area contributed by atoms with Crippen LogP contribution in [0.1, 0.15) is 6.42 Å². The number of sulfonamides is 1. The van der Waals surface area contributed by atoms with Crippen molar-refractivity contribution in [2.75, 3.05) is 25.4 Å². The first-order valence-electron chi connectivity index (χ1n) is 4.72. The summed E-state index contributed by atoms with van der Waals surface area (Å²) in [5, 5.41) is 11.6. The minimum atomic E-state index is -3.33. The molecule has 2 aliphatic rings. The summed E-state index contributed by atoms with van der Waals surface area (Å²) in [6.45, 7) is 2.22. The second-order valence-electron chi connectivity index (χ2n) is 3.80. The molecular weight excluding hydrogens is 202 g/mol. The lowest BCUT2D eigenvalue weighted by atomic mass is 10.1. The Labute approximate surface area is 83.7 Å². The van der Waals surface area contributed by atoms with E-state index in [9.17, 15) is 8.42 Å². The molecule has 2 heterocycles. The fourth-order valence-corrected chi connectivity index (χ4v) is 3.69. The van der Waals surface area contributed by atoms with E-state index in [0.717, 1.165) is 19.5 Å². The van der Waals surface area contributed by atoms with Crippen molar-refractivity contribution in [3.63, 3.8) is 0 Å². The maximum Gasteiger partial charge on any atom is 0.227 e. The third-order valence-electron chi connectivity index (χ3n) is 3.00. The molecule has 0 aliphatic carbocycles. The van der Waals surface area contributed by atoms with Crippen molar-refractivity contribution in [3.8, 4) is 6.07 Å². The highest BCUT2D eigenvalue weighted by Gasteiger charge is 2.42. The van der Waals surface area contributed by atoms with Gasteiger partial charge in [0.05, 0.1) is 6.07 Å². The highest BCUT2D eigenvalue weighted by molar-refractivity contribution is 7.89. The Bertz CT molecular complexity index is 359. The number of fused-ring (bicyclic) bond motifs is 1. The van der Waals surface area contributed by atoms with Gasteiger partial charge in [-0.3, -0.25) is 0 Å². The highest BCUT2D eigenvalue weighted by atomic mass is 32.2. The van der Waals surface area contributed by atoms with Gasteiger partial charge in [-0.05, 0) is 18.9 Å². The second kappa shape index (κ2) is 3.50. The standard InChI is InChI=1S/C8H13N3O2S/c9-2-4-14(12,13)11-3-1-7-5-10-6-8(7)11/h7-8,10H,1,3-6H2/t7-,8+/m0/s1. The quantitative estimate of drug-likeness (QED) is 0.650. The molecule has 2 rings (SSSR count). The van der Waals surface area contributed by atoms with Crippen LogP contribution in [0.4, 0.5) is 0 Å². The number of hydrogen-bond acceptors (Lipinski definition) is 4. The molecule has 0 aromatic rings. The van der Waals surface area contributed by atoms with Crippen LogP contribution in [0.2, 0.25) is 0 Å². The molecule has 14 heavy (non-hydrogen) atoms. The average molecular weight is 215 g/mol. The monoisotopic (exact) mass is 215 g/mol. The van der Waals surface area contributed by atoms with Crippen LogP contribution in [-0.2, 0) is 10.0 Å². The molecule has 2 atom stereocenters. The summed E-state index contributed by atoms with van der Waals surface area (Å²) in [5.41, 5.74) is 0. The van der Waals surface area contributed by atoms with Crippen molar-refractivity contribution in [1.29, 1.82) is 5.26 Å². The minimum absolute atomic E-state index is 0.0911. The average Bonchev–Trinajstić information content (AvgIpc) is 2.60. The SMILES string of the molecule is N#CCS(=O)(=O)N1CC[C@H]2CNC[C@H]21. The first-order valence-corrected chi connectivity index (χ1v) is 6.33. The topological polar surface area (TPSA) is 73.2 Å². The van der Waals surface area contributed by atoms with E-state index < -0.39 is 15.8 Å². The van der Waals surface area contributed by atoms with E-state index in [1.54, 1.807) is 6.07 Å². The molecular formula is C8H13N3O2S. The fraction of sp³-hybridized carbons (Fsp3) is 0.875. The largest absolute Gasteiger partial charge is 0.315 e.